The van der Waals surface area contributed by atoms with Crippen molar-refractivity contribution in [2.24, 2.45) is 4.99 Å². The summed E-state index contributed by atoms with van der Waals surface area (Å²) in [6, 6.07) is 8.34. The number of thiazole rings is 1. The third kappa shape index (κ3) is 5.90. The third-order valence-corrected chi connectivity index (χ3v) is 6.13. The molecule has 0 atom stereocenters. The third-order valence-electron chi connectivity index (χ3n) is 5.03. The lowest BCUT2D eigenvalue weighted by Gasteiger charge is -2.39. The van der Waals surface area contributed by atoms with Crippen LogP contribution in [0.2, 0.25) is 0 Å². The predicted octanol–water partition coefficient (Wildman–Crippen LogP) is 2.89. The number of nitrogens with zero attached hydrogens (tertiary/aromatic N) is 3. The number of guanidine groups is 1. The van der Waals surface area contributed by atoms with E-state index in [-0.39, 0.29) is 5.54 Å². The highest BCUT2D eigenvalue weighted by Crippen LogP contribution is 2.22. The summed E-state index contributed by atoms with van der Waals surface area (Å²) in [7, 11) is 0. The largest absolute Gasteiger partial charge is 0.379 e. The molecule has 7 heteroatoms. The van der Waals surface area contributed by atoms with Crippen LogP contribution in [0.15, 0.2) is 29.3 Å². The molecular weight excluding hydrogens is 370 g/mol. The van der Waals surface area contributed by atoms with Crippen molar-refractivity contribution in [3.8, 4) is 0 Å². The average molecular weight is 404 g/mol. The minimum absolute atomic E-state index is 0.0348. The van der Waals surface area contributed by atoms with E-state index >= 15 is 0 Å². The van der Waals surface area contributed by atoms with E-state index in [4.69, 9.17) is 14.7 Å². The van der Waals surface area contributed by atoms with E-state index in [1.165, 1.54) is 9.71 Å². The molecule has 1 fully saturated rings. The Morgan fingerprint density at radius 3 is 2.79 bits per heavy atom. The van der Waals surface area contributed by atoms with Gasteiger partial charge in [-0.3, -0.25) is 9.89 Å². The van der Waals surface area contributed by atoms with Crippen LogP contribution in [-0.2, 0) is 11.2 Å². The van der Waals surface area contributed by atoms with Crippen molar-refractivity contribution in [2.75, 3.05) is 45.9 Å². The number of hydrogen-bond acceptors (Lipinski definition) is 5. The summed E-state index contributed by atoms with van der Waals surface area (Å²) in [4.78, 5) is 12.0. The maximum atomic E-state index is 5.47. The van der Waals surface area contributed by atoms with E-state index in [1.807, 2.05) is 6.07 Å². The molecular formula is C21H33N5OS. The molecule has 0 unspecified atom stereocenters. The molecule has 2 N–H and O–H groups in total. The maximum absolute atomic E-state index is 5.47. The molecule has 154 valence electrons. The van der Waals surface area contributed by atoms with Crippen molar-refractivity contribution >= 4 is 27.5 Å². The van der Waals surface area contributed by atoms with Gasteiger partial charge in [-0.2, -0.15) is 0 Å². The van der Waals surface area contributed by atoms with Gasteiger partial charge in [0.05, 0.1) is 35.0 Å². The van der Waals surface area contributed by atoms with E-state index < -0.39 is 0 Å². The van der Waals surface area contributed by atoms with E-state index in [1.54, 1.807) is 11.3 Å². The molecule has 2 heterocycles. The highest BCUT2D eigenvalue weighted by atomic mass is 32.1. The smallest absolute Gasteiger partial charge is 0.191 e. The fraction of sp³-hybridized carbons (Fsp3) is 0.619. The Morgan fingerprint density at radius 2 is 2.04 bits per heavy atom. The molecule has 1 saturated heterocycles. The second kappa shape index (κ2) is 10.2. The summed E-state index contributed by atoms with van der Waals surface area (Å²) in [6.07, 6.45) is 2.03. The summed E-state index contributed by atoms with van der Waals surface area (Å²) in [6.45, 7) is 12.7. The zero-order valence-electron chi connectivity index (χ0n) is 17.3. The molecule has 0 spiro atoms. The van der Waals surface area contributed by atoms with Crippen LogP contribution in [0, 0.1) is 0 Å². The number of nitrogens with one attached hydrogen (secondary N) is 2. The first-order chi connectivity index (χ1) is 13.6. The molecule has 2 aromatic rings. The summed E-state index contributed by atoms with van der Waals surface area (Å²) in [5, 5.41) is 8.04. The Morgan fingerprint density at radius 1 is 1.25 bits per heavy atom. The lowest BCUT2D eigenvalue weighted by Crippen LogP contribution is -2.52. The van der Waals surface area contributed by atoms with Gasteiger partial charge in [0.25, 0.3) is 0 Å². The Bertz CT molecular complexity index is 734. The van der Waals surface area contributed by atoms with Gasteiger partial charge in [-0.05, 0) is 39.3 Å². The van der Waals surface area contributed by atoms with E-state index in [2.05, 4.69) is 54.5 Å². The van der Waals surface area contributed by atoms with Gasteiger partial charge in [0, 0.05) is 38.1 Å². The Hall–Kier alpha value is -1.70. The van der Waals surface area contributed by atoms with Crippen molar-refractivity contribution in [1.82, 2.24) is 20.5 Å². The van der Waals surface area contributed by atoms with Gasteiger partial charge >= 0.3 is 0 Å². The van der Waals surface area contributed by atoms with Gasteiger partial charge in [0.15, 0.2) is 5.96 Å². The van der Waals surface area contributed by atoms with Crippen LogP contribution >= 0.6 is 11.3 Å². The lowest BCUT2D eigenvalue weighted by atomic mass is 10.0. The van der Waals surface area contributed by atoms with Crippen molar-refractivity contribution in [3.63, 3.8) is 0 Å². The SMILES string of the molecule is CCNC(=NCC(C)(C)N1CCOCC1)NCCCc1nc2ccccc2s1. The van der Waals surface area contributed by atoms with E-state index in [0.29, 0.717) is 0 Å². The molecule has 1 aromatic heterocycles. The standard InChI is InChI=1S/C21H33N5OS/c1-4-22-20(24-16-21(2,3)26-12-14-27-15-13-26)23-11-7-10-19-25-17-8-5-6-9-18(17)28-19/h5-6,8-9H,4,7,10-16H2,1-3H3,(H2,22,23,24). The molecule has 1 aliphatic heterocycles. The van der Waals surface area contributed by atoms with Crippen LogP contribution in [-0.4, -0.2) is 67.3 Å². The summed E-state index contributed by atoms with van der Waals surface area (Å²) < 4.78 is 6.74. The maximum Gasteiger partial charge on any atom is 0.191 e. The number of rotatable bonds is 8. The fourth-order valence-corrected chi connectivity index (χ4v) is 4.37. The van der Waals surface area contributed by atoms with Crippen LogP contribution in [0.25, 0.3) is 10.2 Å². The lowest BCUT2D eigenvalue weighted by molar-refractivity contribution is -0.00683. The number of fused-ring (bicyclic) bond motifs is 1. The highest BCUT2D eigenvalue weighted by molar-refractivity contribution is 7.18. The monoisotopic (exact) mass is 403 g/mol. The van der Waals surface area contributed by atoms with Crippen molar-refractivity contribution in [1.29, 1.82) is 0 Å². The van der Waals surface area contributed by atoms with Crippen LogP contribution < -0.4 is 10.6 Å². The molecule has 0 bridgehead atoms. The quantitative estimate of drug-likeness (QED) is 0.403. The molecule has 0 radical (unpaired) electrons. The number of aliphatic imine (C=N–C) groups is 1. The van der Waals surface area contributed by atoms with Crippen molar-refractivity contribution < 1.29 is 4.74 Å². The fourth-order valence-electron chi connectivity index (χ4n) is 3.36. The number of aryl methyl sites for hydroxylation is 1. The normalized spacial score (nSPS) is 16.5. The second-order valence-corrected chi connectivity index (χ2v) is 8.83. The molecule has 0 aliphatic carbocycles. The van der Waals surface area contributed by atoms with Gasteiger partial charge in [-0.15, -0.1) is 11.3 Å². The van der Waals surface area contributed by atoms with Gasteiger partial charge in [0.2, 0.25) is 0 Å². The first-order valence-electron chi connectivity index (χ1n) is 10.3. The minimum Gasteiger partial charge on any atom is -0.379 e. The van der Waals surface area contributed by atoms with Crippen LogP contribution in [0.1, 0.15) is 32.2 Å². The molecule has 0 saturated carbocycles. The topological polar surface area (TPSA) is 61.8 Å². The van der Waals surface area contributed by atoms with E-state index in [9.17, 15) is 0 Å². The first-order valence-corrected chi connectivity index (χ1v) is 11.1. The van der Waals surface area contributed by atoms with Crippen LogP contribution in [0.3, 0.4) is 0 Å². The minimum atomic E-state index is 0.0348. The number of hydrogen-bond donors (Lipinski definition) is 2. The van der Waals surface area contributed by atoms with Gasteiger partial charge in [0.1, 0.15) is 0 Å². The first kappa shape index (κ1) is 21.0. The zero-order chi connectivity index (χ0) is 19.8. The van der Waals surface area contributed by atoms with Crippen LogP contribution in [0.5, 0.6) is 0 Å². The number of para-hydroxylation sites is 1. The second-order valence-electron chi connectivity index (χ2n) is 7.71. The van der Waals surface area contributed by atoms with Gasteiger partial charge < -0.3 is 15.4 Å². The highest BCUT2D eigenvalue weighted by Gasteiger charge is 2.28. The Kier molecular flexibility index (Phi) is 7.65. The van der Waals surface area contributed by atoms with Crippen molar-refractivity contribution in [2.45, 2.75) is 39.2 Å². The number of benzene rings is 1. The summed E-state index contributed by atoms with van der Waals surface area (Å²) in [5.41, 5.74) is 1.14. The van der Waals surface area contributed by atoms with Gasteiger partial charge in [-0.1, -0.05) is 12.1 Å². The van der Waals surface area contributed by atoms with Crippen LogP contribution in [0.4, 0.5) is 0 Å². The zero-order valence-corrected chi connectivity index (χ0v) is 18.1. The molecule has 1 aliphatic rings. The Labute approximate surface area is 172 Å². The summed E-state index contributed by atoms with van der Waals surface area (Å²) >= 11 is 1.80. The average Bonchev–Trinajstić information content (AvgIpc) is 3.13. The van der Waals surface area contributed by atoms with E-state index in [0.717, 1.165) is 70.3 Å². The Balaban J connectivity index is 1.47. The van der Waals surface area contributed by atoms with Crippen molar-refractivity contribution in [3.05, 3.63) is 29.3 Å². The van der Waals surface area contributed by atoms with Gasteiger partial charge in [-0.25, -0.2) is 4.98 Å². The molecule has 3 rings (SSSR count). The molecule has 6 nitrogen and oxygen atoms in total. The molecule has 0 amide bonds. The number of ether oxygens (including phenoxy) is 1. The number of aromatic nitrogens is 1. The molecule has 1 aromatic carbocycles. The predicted molar refractivity (Wildman–Crippen MR) is 118 cm³/mol. The number of morpholine rings is 1. The molecule has 28 heavy (non-hydrogen) atoms. The summed E-state index contributed by atoms with van der Waals surface area (Å²) in [5.74, 6) is 0.896.